The van der Waals surface area contributed by atoms with Crippen LogP contribution in [0.15, 0.2) is 38.4 Å². The van der Waals surface area contributed by atoms with Crippen molar-refractivity contribution < 1.29 is 43.3 Å². The number of thioether (sulfide) groups is 2. The standard InChI is InChI=1S/C23H26N8O9S3/c1-37-12(38-2)7-30-16(21(36)39-3)27-28-23(30)41-6-5-10-8-42-19-14(18(33)31(19)15(10)20(34)35)26-17(32)13(29-40-4)11-9-43-22(24)25-11/h5-6,9,12,14,19H,7-8H2,1-4H3,(H2,24,25)(H,26,32)(H,34,35). The van der Waals surface area contributed by atoms with E-state index in [1.807, 2.05) is 0 Å². The molecule has 2 atom stereocenters. The van der Waals surface area contributed by atoms with Gasteiger partial charge in [0.25, 0.3) is 11.8 Å². The highest BCUT2D eigenvalue weighted by Crippen LogP contribution is 2.41. The zero-order valence-electron chi connectivity index (χ0n) is 23.1. The number of oxime groups is 1. The van der Waals surface area contributed by atoms with Crippen LogP contribution in [0.1, 0.15) is 16.3 Å². The molecule has 2 amide bonds. The average Bonchev–Trinajstić information content (AvgIpc) is 3.61. The molecule has 1 fully saturated rings. The number of nitrogens with one attached hydrogen (secondary N) is 1. The molecule has 0 bridgehead atoms. The third-order valence-electron chi connectivity index (χ3n) is 6.03. The van der Waals surface area contributed by atoms with Crippen molar-refractivity contribution in [1.29, 1.82) is 0 Å². The van der Waals surface area contributed by atoms with Gasteiger partial charge in [-0.15, -0.1) is 33.3 Å². The molecule has 4 rings (SSSR count). The van der Waals surface area contributed by atoms with Crippen LogP contribution >= 0.6 is 34.9 Å². The molecule has 2 aromatic heterocycles. The maximum absolute atomic E-state index is 13.1. The Morgan fingerprint density at radius 3 is 2.63 bits per heavy atom. The van der Waals surface area contributed by atoms with Gasteiger partial charge in [-0.05, 0) is 17.1 Å². The molecule has 2 aliphatic rings. The maximum atomic E-state index is 13.1. The lowest BCUT2D eigenvalue weighted by molar-refractivity contribution is -0.150. The Hall–Kier alpha value is -3.98. The molecule has 0 radical (unpaired) electrons. The van der Waals surface area contributed by atoms with Crippen molar-refractivity contribution >= 4 is 69.5 Å². The number of carboxylic acids is 1. The SMILES string of the molecule is CON=C(C(=O)NC1C(=O)N2C(C(=O)O)=C(C=CSc3nnc(C(=O)OC)n3CC(OC)OC)CSC12)c1csc(N)n1. The molecule has 4 heterocycles. The van der Waals surface area contributed by atoms with Crippen molar-refractivity contribution in [3.63, 3.8) is 0 Å². The maximum Gasteiger partial charge on any atom is 0.376 e. The van der Waals surface area contributed by atoms with Crippen LogP contribution in [0.25, 0.3) is 0 Å². The van der Waals surface area contributed by atoms with E-state index in [0.717, 1.165) is 28.0 Å². The first-order valence-electron chi connectivity index (χ1n) is 12.1. The summed E-state index contributed by atoms with van der Waals surface area (Å²) in [7, 11) is 5.34. The summed E-state index contributed by atoms with van der Waals surface area (Å²) in [5.74, 6) is -3.22. The molecule has 2 unspecified atom stereocenters. The van der Waals surface area contributed by atoms with Gasteiger partial charge < -0.3 is 35.2 Å². The number of ether oxygens (including phenoxy) is 3. The van der Waals surface area contributed by atoms with Gasteiger partial charge in [-0.3, -0.25) is 19.1 Å². The molecule has 2 aromatic rings. The van der Waals surface area contributed by atoms with E-state index >= 15 is 0 Å². The number of nitrogens with zero attached hydrogens (tertiary/aromatic N) is 6. The number of rotatable bonds is 13. The Morgan fingerprint density at radius 2 is 2.02 bits per heavy atom. The van der Waals surface area contributed by atoms with Crippen molar-refractivity contribution in [1.82, 2.24) is 30.0 Å². The van der Waals surface area contributed by atoms with Crippen LogP contribution in [0.2, 0.25) is 0 Å². The van der Waals surface area contributed by atoms with Crippen LogP contribution < -0.4 is 11.1 Å². The number of anilines is 1. The lowest BCUT2D eigenvalue weighted by Crippen LogP contribution is -2.71. The molecule has 0 aromatic carbocycles. The number of esters is 1. The third kappa shape index (κ3) is 6.67. The van der Waals surface area contributed by atoms with Gasteiger partial charge in [-0.25, -0.2) is 14.6 Å². The molecule has 1 saturated heterocycles. The summed E-state index contributed by atoms with van der Waals surface area (Å²) in [5.41, 5.74) is 5.78. The largest absolute Gasteiger partial charge is 0.477 e. The quantitative estimate of drug-likeness (QED) is 0.0651. The monoisotopic (exact) mass is 654 g/mol. The number of amides is 2. The second-order valence-corrected chi connectivity index (χ2v) is 11.3. The van der Waals surface area contributed by atoms with Crippen LogP contribution in [0, 0.1) is 0 Å². The number of aromatic nitrogens is 4. The van der Waals surface area contributed by atoms with Gasteiger partial charge in [0.05, 0.1) is 13.7 Å². The zero-order chi connectivity index (χ0) is 31.3. The van der Waals surface area contributed by atoms with Gasteiger partial charge in [0.15, 0.2) is 22.3 Å². The first-order chi connectivity index (χ1) is 20.6. The Kier molecular flexibility index (Phi) is 10.4. The fraction of sp³-hybridized carbons (Fsp3) is 0.391. The van der Waals surface area contributed by atoms with Gasteiger partial charge in [0, 0.05) is 25.4 Å². The van der Waals surface area contributed by atoms with Crippen LogP contribution in [-0.2, 0) is 40.0 Å². The Morgan fingerprint density at radius 1 is 1.28 bits per heavy atom. The molecule has 0 spiro atoms. The molecule has 0 aliphatic carbocycles. The van der Waals surface area contributed by atoms with Crippen LogP contribution in [-0.4, -0.2) is 111 Å². The Labute approximate surface area is 256 Å². The minimum Gasteiger partial charge on any atom is -0.477 e. The number of carbonyl (C=O) groups excluding carboxylic acids is 3. The van der Waals surface area contributed by atoms with E-state index in [1.54, 1.807) is 5.41 Å². The molecule has 2 aliphatic heterocycles. The number of methoxy groups -OCH3 is 3. The summed E-state index contributed by atoms with van der Waals surface area (Å²) in [4.78, 5) is 60.3. The van der Waals surface area contributed by atoms with Crippen molar-refractivity contribution in [3.05, 3.63) is 39.7 Å². The number of aliphatic carboxylic acids is 1. The van der Waals surface area contributed by atoms with E-state index in [0.29, 0.717) is 5.57 Å². The molecule has 17 nitrogen and oxygen atoms in total. The number of hydrogen-bond donors (Lipinski definition) is 3. The van der Waals surface area contributed by atoms with Gasteiger partial charge in [-0.1, -0.05) is 16.9 Å². The number of thiazole rings is 1. The minimum atomic E-state index is -1.31. The van der Waals surface area contributed by atoms with E-state index in [2.05, 4.69) is 25.7 Å². The molecule has 43 heavy (non-hydrogen) atoms. The number of nitrogen functional groups attached to an aromatic ring is 1. The third-order valence-corrected chi connectivity index (χ3v) is 8.80. The molecule has 230 valence electrons. The van der Waals surface area contributed by atoms with E-state index < -0.39 is 41.5 Å². The predicted molar refractivity (Wildman–Crippen MR) is 154 cm³/mol. The lowest BCUT2D eigenvalue weighted by atomic mass is 10.0. The molecule has 4 N–H and O–H groups in total. The number of carboxylic acid groups (broad SMARTS) is 1. The normalized spacial score (nSPS) is 18.6. The second-order valence-electron chi connectivity index (χ2n) is 8.46. The fourth-order valence-electron chi connectivity index (χ4n) is 4.03. The summed E-state index contributed by atoms with van der Waals surface area (Å²) in [5, 5.41) is 27.1. The topological polar surface area (TPSA) is 223 Å². The lowest BCUT2D eigenvalue weighted by Gasteiger charge is -2.49. The van der Waals surface area contributed by atoms with Crippen molar-refractivity contribution in [2.24, 2.45) is 5.16 Å². The summed E-state index contributed by atoms with van der Waals surface area (Å²) >= 11 is 3.43. The van der Waals surface area contributed by atoms with Gasteiger partial charge in [0.1, 0.15) is 29.9 Å². The Bertz CT molecular complexity index is 1500. The van der Waals surface area contributed by atoms with E-state index in [9.17, 15) is 24.3 Å². The van der Waals surface area contributed by atoms with E-state index in [1.165, 1.54) is 56.2 Å². The van der Waals surface area contributed by atoms with Crippen LogP contribution in [0.4, 0.5) is 5.13 Å². The highest BCUT2D eigenvalue weighted by Gasteiger charge is 2.54. The molecule has 20 heteroatoms. The van der Waals surface area contributed by atoms with E-state index in [-0.39, 0.29) is 45.5 Å². The number of β-lactam (4-membered cyclic amide) rings is 1. The predicted octanol–water partition coefficient (Wildman–Crippen LogP) is 0.117. The number of fused-ring (bicyclic) bond motifs is 1. The molecule has 0 saturated carbocycles. The van der Waals surface area contributed by atoms with Crippen molar-refractivity contribution in [2.75, 3.05) is 39.9 Å². The minimum absolute atomic E-state index is 0.0727. The summed E-state index contributed by atoms with van der Waals surface area (Å²) in [6.45, 7) is 0.0727. The first kappa shape index (κ1) is 31.9. The van der Waals surface area contributed by atoms with Crippen LogP contribution in [0.5, 0.6) is 0 Å². The average molecular weight is 655 g/mol. The van der Waals surface area contributed by atoms with Gasteiger partial charge in [-0.2, -0.15) is 0 Å². The number of allylic oxidation sites excluding steroid dienone is 1. The fourth-order valence-corrected chi connectivity index (χ4v) is 6.62. The smallest absolute Gasteiger partial charge is 0.376 e. The molecular formula is C23H26N8O9S3. The summed E-state index contributed by atoms with van der Waals surface area (Å²) in [6, 6.07) is -1.00. The highest BCUT2D eigenvalue weighted by molar-refractivity contribution is 8.02. The number of hydrogen-bond acceptors (Lipinski definition) is 16. The first-order valence-corrected chi connectivity index (χ1v) is 14.9. The van der Waals surface area contributed by atoms with Crippen molar-refractivity contribution in [2.45, 2.75) is 29.4 Å². The number of carbonyl (C=O) groups is 4. The van der Waals surface area contributed by atoms with Crippen molar-refractivity contribution in [3.8, 4) is 0 Å². The summed E-state index contributed by atoms with van der Waals surface area (Å²) in [6.07, 6.45) is 0.825. The highest BCUT2D eigenvalue weighted by atomic mass is 32.2. The van der Waals surface area contributed by atoms with Gasteiger partial charge in [0.2, 0.25) is 5.82 Å². The van der Waals surface area contributed by atoms with Gasteiger partial charge >= 0.3 is 11.9 Å². The van der Waals surface area contributed by atoms with E-state index in [4.69, 9.17) is 24.8 Å². The zero-order valence-corrected chi connectivity index (χ0v) is 25.5. The summed E-state index contributed by atoms with van der Waals surface area (Å²) < 4.78 is 16.7. The number of nitrogens with two attached hydrogens (primary N) is 1. The second kappa shape index (κ2) is 14.0. The molecular weight excluding hydrogens is 629 g/mol. The van der Waals surface area contributed by atoms with Crippen LogP contribution in [0.3, 0.4) is 0 Å². The Balaban J connectivity index is 1.51.